The number of hydrogen-bond acceptors (Lipinski definition) is 4. The number of piperidine rings is 1. The summed E-state index contributed by atoms with van der Waals surface area (Å²) in [7, 11) is -3.57. The molecular formula is C18H26N2O4S. The maximum absolute atomic E-state index is 13.1. The van der Waals surface area contributed by atoms with Gasteiger partial charge in [0.1, 0.15) is 0 Å². The molecule has 1 aromatic rings. The molecule has 7 heteroatoms. The second-order valence-electron chi connectivity index (χ2n) is 6.91. The van der Waals surface area contributed by atoms with E-state index in [1.165, 1.54) is 4.31 Å². The molecule has 2 aliphatic rings. The Morgan fingerprint density at radius 3 is 2.60 bits per heavy atom. The number of benzene rings is 1. The molecule has 2 fully saturated rings. The molecule has 3 rings (SSSR count). The molecular weight excluding hydrogens is 340 g/mol. The molecule has 25 heavy (non-hydrogen) atoms. The Morgan fingerprint density at radius 2 is 1.88 bits per heavy atom. The van der Waals surface area contributed by atoms with Crippen LogP contribution in [-0.4, -0.2) is 62.9 Å². The molecule has 0 saturated carbocycles. The average molecular weight is 366 g/mol. The standard InChI is InChI=1S/C18H26N2O4S/c1-14-5-6-15(2)17(12-14)25(22,23)20-7-3-4-16(13-20)18(21)19-8-10-24-11-9-19/h5-6,12,16H,3-4,7-11,13H2,1-2H3/t16-/m1/s1. The number of amides is 1. The van der Waals surface area contributed by atoms with Crippen LogP contribution in [0.4, 0.5) is 0 Å². The minimum absolute atomic E-state index is 0.0594. The molecule has 0 N–H and O–H groups in total. The molecule has 6 nitrogen and oxygen atoms in total. The Hall–Kier alpha value is -1.44. The predicted molar refractivity (Wildman–Crippen MR) is 94.8 cm³/mol. The van der Waals surface area contributed by atoms with Crippen LogP contribution in [0.5, 0.6) is 0 Å². The lowest BCUT2D eigenvalue weighted by molar-refractivity contribution is -0.140. The van der Waals surface area contributed by atoms with Gasteiger partial charge in [0.2, 0.25) is 15.9 Å². The van der Waals surface area contributed by atoms with Gasteiger partial charge in [0.25, 0.3) is 0 Å². The zero-order chi connectivity index (χ0) is 18.0. The SMILES string of the molecule is Cc1ccc(C)c(S(=O)(=O)N2CCC[C@@H](C(=O)N3CCOCC3)C2)c1. The molecule has 0 spiro atoms. The lowest BCUT2D eigenvalue weighted by Crippen LogP contribution is -2.49. The minimum atomic E-state index is -3.57. The summed E-state index contributed by atoms with van der Waals surface area (Å²) >= 11 is 0. The summed E-state index contributed by atoms with van der Waals surface area (Å²) in [5.41, 5.74) is 1.66. The summed E-state index contributed by atoms with van der Waals surface area (Å²) in [5.74, 6) is -0.198. The van der Waals surface area contributed by atoms with Crippen molar-refractivity contribution in [3.8, 4) is 0 Å². The van der Waals surface area contributed by atoms with E-state index >= 15 is 0 Å². The fraction of sp³-hybridized carbons (Fsp3) is 0.611. The van der Waals surface area contributed by atoms with Crippen LogP contribution in [0.25, 0.3) is 0 Å². The van der Waals surface area contributed by atoms with E-state index in [0.29, 0.717) is 44.2 Å². The van der Waals surface area contributed by atoms with Gasteiger partial charge in [0.15, 0.2) is 0 Å². The highest BCUT2D eigenvalue weighted by Gasteiger charge is 2.35. The third-order valence-corrected chi connectivity index (χ3v) is 7.02. The molecule has 1 amide bonds. The minimum Gasteiger partial charge on any atom is -0.378 e. The molecule has 2 heterocycles. The first-order valence-corrected chi connectivity index (χ1v) is 10.3. The highest BCUT2D eigenvalue weighted by Crippen LogP contribution is 2.27. The van der Waals surface area contributed by atoms with Crippen LogP contribution in [0.15, 0.2) is 23.1 Å². The van der Waals surface area contributed by atoms with Gasteiger partial charge in [-0.3, -0.25) is 4.79 Å². The zero-order valence-electron chi connectivity index (χ0n) is 14.9. The van der Waals surface area contributed by atoms with Crippen LogP contribution in [0, 0.1) is 19.8 Å². The summed E-state index contributed by atoms with van der Waals surface area (Å²) in [6.07, 6.45) is 1.46. The molecule has 0 aliphatic carbocycles. The van der Waals surface area contributed by atoms with E-state index in [1.807, 2.05) is 30.9 Å². The molecule has 0 bridgehead atoms. The highest BCUT2D eigenvalue weighted by molar-refractivity contribution is 7.89. The van der Waals surface area contributed by atoms with E-state index < -0.39 is 10.0 Å². The van der Waals surface area contributed by atoms with E-state index in [0.717, 1.165) is 17.5 Å². The van der Waals surface area contributed by atoms with Gasteiger partial charge < -0.3 is 9.64 Å². The number of aryl methyl sites for hydroxylation is 2. The van der Waals surface area contributed by atoms with Crippen molar-refractivity contribution >= 4 is 15.9 Å². The van der Waals surface area contributed by atoms with Gasteiger partial charge in [-0.2, -0.15) is 4.31 Å². The molecule has 138 valence electrons. The van der Waals surface area contributed by atoms with Crippen molar-refractivity contribution in [2.75, 3.05) is 39.4 Å². The van der Waals surface area contributed by atoms with E-state index in [1.54, 1.807) is 6.07 Å². The van der Waals surface area contributed by atoms with E-state index in [4.69, 9.17) is 4.74 Å². The Bertz CT molecular complexity index is 741. The Balaban J connectivity index is 1.78. The number of carbonyl (C=O) groups excluding carboxylic acids is 1. The average Bonchev–Trinajstić information content (AvgIpc) is 2.64. The molecule has 2 aliphatic heterocycles. The quantitative estimate of drug-likeness (QED) is 0.814. The van der Waals surface area contributed by atoms with Crippen molar-refractivity contribution < 1.29 is 17.9 Å². The van der Waals surface area contributed by atoms with Crippen LogP contribution in [-0.2, 0) is 19.6 Å². The van der Waals surface area contributed by atoms with Crippen molar-refractivity contribution in [1.29, 1.82) is 0 Å². The van der Waals surface area contributed by atoms with Crippen molar-refractivity contribution in [3.63, 3.8) is 0 Å². The number of hydrogen-bond donors (Lipinski definition) is 0. The van der Waals surface area contributed by atoms with Crippen LogP contribution >= 0.6 is 0 Å². The van der Waals surface area contributed by atoms with Crippen molar-refractivity contribution in [2.45, 2.75) is 31.6 Å². The van der Waals surface area contributed by atoms with Gasteiger partial charge in [-0.1, -0.05) is 12.1 Å². The fourth-order valence-corrected chi connectivity index (χ4v) is 5.36. The summed E-state index contributed by atoms with van der Waals surface area (Å²) < 4.78 is 33.0. The number of carbonyl (C=O) groups is 1. The summed E-state index contributed by atoms with van der Waals surface area (Å²) in [6, 6.07) is 5.47. The van der Waals surface area contributed by atoms with Crippen LogP contribution in [0.1, 0.15) is 24.0 Å². The van der Waals surface area contributed by atoms with Crippen LogP contribution in [0.3, 0.4) is 0 Å². The van der Waals surface area contributed by atoms with Gasteiger partial charge in [0, 0.05) is 26.2 Å². The first-order valence-electron chi connectivity index (χ1n) is 8.83. The topological polar surface area (TPSA) is 66.9 Å². The summed E-state index contributed by atoms with van der Waals surface area (Å²) in [5, 5.41) is 0. The smallest absolute Gasteiger partial charge is 0.243 e. The fourth-order valence-electron chi connectivity index (χ4n) is 3.53. The number of ether oxygens (including phenoxy) is 1. The lowest BCUT2D eigenvalue weighted by atomic mass is 9.98. The van der Waals surface area contributed by atoms with Crippen molar-refractivity contribution in [1.82, 2.24) is 9.21 Å². The maximum atomic E-state index is 13.1. The maximum Gasteiger partial charge on any atom is 0.243 e. The largest absolute Gasteiger partial charge is 0.378 e. The summed E-state index contributed by atoms with van der Waals surface area (Å²) in [6.45, 7) is 6.75. The third kappa shape index (κ3) is 3.88. The van der Waals surface area contributed by atoms with Gasteiger partial charge in [-0.25, -0.2) is 8.42 Å². The highest BCUT2D eigenvalue weighted by atomic mass is 32.2. The third-order valence-electron chi connectivity index (χ3n) is 5.02. The second kappa shape index (κ2) is 7.43. The molecule has 0 radical (unpaired) electrons. The van der Waals surface area contributed by atoms with Gasteiger partial charge in [0.05, 0.1) is 24.0 Å². The molecule has 2 saturated heterocycles. The molecule has 1 atom stereocenters. The van der Waals surface area contributed by atoms with Gasteiger partial charge >= 0.3 is 0 Å². The van der Waals surface area contributed by atoms with Crippen LogP contribution < -0.4 is 0 Å². The first-order chi connectivity index (χ1) is 11.9. The van der Waals surface area contributed by atoms with E-state index in [-0.39, 0.29) is 18.4 Å². The predicted octanol–water partition coefficient (Wildman–Crippen LogP) is 1.56. The zero-order valence-corrected chi connectivity index (χ0v) is 15.7. The lowest BCUT2D eigenvalue weighted by Gasteiger charge is -2.35. The van der Waals surface area contributed by atoms with Crippen LogP contribution in [0.2, 0.25) is 0 Å². The van der Waals surface area contributed by atoms with Crippen molar-refractivity contribution in [3.05, 3.63) is 29.3 Å². The Labute approximate surface area is 149 Å². The number of nitrogens with zero attached hydrogens (tertiary/aromatic N) is 2. The number of sulfonamides is 1. The number of morpholine rings is 1. The van der Waals surface area contributed by atoms with Gasteiger partial charge in [-0.15, -0.1) is 0 Å². The Kier molecular flexibility index (Phi) is 5.46. The molecule has 0 aromatic heterocycles. The van der Waals surface area contributed by atoms with E-state index in [2.05, 4.69) is 0 Å². The molecule has 0 unspecified atom stereocenters. The monoisotopic (exact) mass is 366 g/mol. The van der Waals surface area contributed by atoms with Crippen molar-refractivity contribution in [2.24, 2.45) is 5.92 Å². The molecule has 1 aromatic carbocycles. The summed E-state index contributed by atoms with van der Waals surface area (Å²) in [4.78, 5) is 14.9. The second-order valence-corrected chi connectivity index (χ2v) is 8.82. The van der Waals surface area contributed by atoms with Gasteiger partial charge in [-0.05, 0) is 43.9 Å². The Morgan fingerprint density at radius 1 is 1.16 bits per heavy atom. The number of rotatable bonds is 3. The first kappa shape index (κ1) is 18.4. The normalized spacial score (nSPS) is 22.8. The van der Waals surface area contributed by atoms with E-state index in [9.17, 15) is 13.2 Å².